The van der Waals surface area contributed by atoms with Crippen LogP contribution in [0.2, 0.25) is 0 Å². The Hall–Kier alpha value is -1.76. The monoisotopic (exact) mass is 309 g/mol. The first-order chi connectivity index (χ1) is 11.1. The molecule has 0 fully saturated rings. The van der Waals surface area contributed by atoms with Crippen LogP contribution in [0.15, 0.2) is 30.3 Å². The van der Waals surface area contributed by atoms with E-state index in [4.69, 9.17) is 0 Å². The van der Waals surface area contributed by atoms with Gasteiger partial charge in [-0.1, -0.05) is 76.1 Å². The van der Waals surface area contributed by atoms with Gasteiger partial charge in [-0.05, 0) is 42.5 Å². The van der Waals surface area contributed by atoms with Gasteiger partial charge in [0.25, 0.3) is 0 Å². The number of hydrogen-bond donors (Lipinski definition) is 0. The van der Waals surface area contributed by atoms with Gasteiger partial charge in [0, 0.05) is 11.9 Å². The fraction of sp³-hybridized carbons (Fsp3) is 0.455. The molecular weight excluding hydrogens is 278 g/mol. The molecule has 2 aromatic rings. The summed E-state index contributed by atoms with van der Waals surface area (Å²) in [5, 5.41) is 2.47. The summed E-state index contributed by atoms with van der Waals surface area (Å²) >= 11 is 0. The fourth-order valence-corrected chi connectivity index (χ4v) is 3.56. The van der Waals surface area contributed by atoms with Crippen molar-refractivity contribution in [1.29, 1.82) is 0 Å². The molecule has 0 N–H and O–H groups in total. The zero-order valence-electron chi connectivity index (χ0n) is 15.2. The SMILES string of the molecule is C=c1/c(=C\C)c(C)c(-c2ccccc2)n1C[C@@H](CC)CCCC. The topological polar surface area (TPSA) is 4.93 Å². The van der Waals surface area contributed by atoms with E-state index in [9.17, 15) is 0 Å². The van der Waals surface area contributed by atoms with E-state index in [1.54, 1.807) is 0 Å². The van der Waals surface area contributed by atoms with E-state index in [1.807, 2.05) is 0 Å². The van der Waals surface area contributed by atoms with Crippen molar-refractivity contribution in [2.24, 2.45) is 5.92 Å². The molecule has 1 aromatic carbocycles. The summed E-state index contributed by atoms with van der Waals surface area (Å²) in [6.45, 7) is 14.4. The van der Waals surface area contributed by atoms with Gasteiger partial charge in [0.2, 0.25) is 0 Å². The van der Waals surface area contributed by atoms with E-state index in [0.717, 1.165) is 12.5 Å². The van der Waals surface area contributed by atoms with Gasteiger partial charge in [0.05, 0.1) is 5.69 Å². The lowest BCUT2D eigenvalue weighted by molar-refractivity contribution is 0.389. The van der Waals surface area contributed by atoms with Crippen LogP contribution >= 0.6 is 0 Å². The Labute approximate surface area is 141 Å². The minimum Gasteiger partial charge on any atom is -0.340 e. The third-order valence-electron chi connectivity index (χ3n) is 4.99. The van der Waals surface area contributed by atoms with E-state index in [0.29, 0.717) is 0 Å². The average Bonchev–Trinajstić information content (AvgIpc) is 2.81. The van der Waals surface area contributed by atoms with Crippen LogP contribution in [0.1, 0.15) is 52.0 Å². The van der Waals surface area contributed by atoms with Gasteiger partial charge in [0.1, 0.15) is 0 Å². The Bertz CT molecular complexity index is 722. The molecule has 1 atom stereocenters. The van der Waals surface area contributed by atoms with E-state index in [2.05, 4.69) is 75.2 Å². The summed E-state index contributed by atoms with van der Waals surface area (Å²) in [7, 11) is 0. The van der Waals surface area contributed by atoms with Crippen molar-refractivity contribution in [2.45, 2.75) is 59.9 Å². The molecule has 1 heterocycles. The van der Waals surface area contributed by atoms with Crippen LogP contribution in [0.3, 0.4) is 0 Å². The Morgan fingerprint density at radius 3 is 2.43 bits per heavy atom. The lowest BCUT2D eigenvalue weighted by Crippen LogP contribution is -2.30. The normalized spacial score (nSPS) is 13.5. The van der Waals surface area contributed by atoms with E-state index in [-0.39, 0.29) is 0 Å². The summed E-state index contributed by atoms with van der Waals surface area (Å²) < 4.78 is 2.46. The zero-order valence-corrected chi connectivity index (χ0v) is 15.2. The molecule has 0 radical (unpaired) electrons. The van der Waals surface area contributed by atoms with E-state index >= 15 is 0 Å². The van der Waals surface area contributed by atoms with Crippen LogP contribution in [0, 0.1) is 12.8 Å². The van der Waals surface area contributed by atoms with Gasteiger partial charge in [-0.2, -0.15) is 0 Å². The smallest absolute Gasteiger partial charge is 0.0520 e. The van der Waals surface area contributed by atoms with Crippen molar-refractivity contribution in [2.75, 3.05) is 0 Å². The molecule has 0 bridgehead atoms. The molecule has 124 valence electrons. The van der Waals surface area contributed by atoms with Gasteiger partial charge in [-0.3, -0.25) is 0 Å². The number of hydrogen-bond acceptors (Lipinski definition) is 0. The van der Waals surface area contributed by atoms with Crippen molar-refractivity contribution < 1.29 is 0 Å². The maximum absolute atomic E-state index is 4.40. The van der Waals surface area contributed by atoms with Gasteiger partial charge >= 0.3 is 0 Å². The van der Waals surface area contributed by atoms with Gasteiger partial charge in [0.15, 0.2) is 0 Å². The second-order valence-corrected chi connectivity index (χ2v) is 6.52. The summed E-state index contributed by atoms with van der Waals surface area (Å²) in [5.41, 5.74) is 4.00. The summed E-state index contributed by atoms with van der Waals surface area (Å²) in [5.74, 6) is 0.731. The average molecular weight is 309 g/mol. The standard InChI is InChI=1S/C22H31N/c1-6-9-13-19(7-2)16-23-18(5)21(8-3)17(4)22(23)20-14-11-10-12-15-20/h8,10-12,14-15,19H,5-7,9,13,16H2,1-4H3/b21-8-/t19-/m0/s1. The highest BCUT2D eigenvalue weighted by molar-refractivity contribution is 5.65. The fourth-order valence-electron chi connectivity index (χ4n) is 3.56. The molecular formula is C22H31N. The van der Waals surface area contributed by atoms with Crippen molar-refractivity contribution in [1.82, 2.24) is 4.57 Å². The number of nitrogens with zero attached hydrogens (tertiary/aromatic N) is 1. The molecule has 0 aliphatic carbocycles. The molecule has 0 saturated carbocycles. The van der Waals surface area contributed by atoms with Crippen LogP contribution in [0.4, 0.5) is 0 Å². The van der Waals surface area contributed by atoms with Crippen LogP contribution in [0.5, 0.6) is 0 Å². The molecule has 0 saturated heterocycles. The van der Waals surface area contributed by atoms with Crippen molar-refractivity contribution in [3.63, 3.8) is 0 Å². The van der Waals surface area contributed by atoms with Crippen LogP contribution in [-0.4, -0.2) is 4.57 Å². The molecule has 2 rings (SSSR count). The van der Waals surface area contributed by atoms with Gasteiger partial charge in [-0.25, -0.2) is 0 Å². The maximum atomic E-state index is 4.40. The molecule has 1 heteroatoms. The number of rotatable bonds is 7. The lowest BCUT2D eigenvalue weighted by atomic mass is 9.99. The van der Waals surface area contributed by atoms with Crippen LogP contribution in [-0.2, 0) is 6.54 Å². The van der Waals surface area contributed by atoms with Crippen molar-refractivity contribution in [3.05, 3.63) is 46.5 Å². The molecule has 0 aliphatic heterocycles. The van der Waals surface area contributed by atoms with Crippen molar-refractivity contribution in [3.8, 4) is 11.3 Å². The molecule has 0 unspecified atom stereocenters. The van der Waals surface area contributed by atoms with Crippen molar-refractivity contribution >= 4 is 12.7 Å². The minimum atomic E-state index is 0.731. The first kappa shape index (κ1) is 17.6. The number of benzene rings is 1. The molecule has 1 nitrogen and oxygen atoms in total. The number of unbranched alkanes of at least 4 members (excludes halogenated alkanes) is 1. The molecule has 0 aliphatic rings. The Kier molecular flexibility index (Phi) is 6.27. The zero-order chi connectivity index (χ0) is 16.8. The predicted octanol–water partition coefficient (Wildman–Crippen LogP) is 4.89. The number of aromatic nitrogens is 1. The van der Waals surface area contributed by atoms with E-state index < -0.39 is 0 Å². The Morgan fingerprint density at radius 1 is 1.17 bits per heavy atom. The predicted molar refractivity (Wildman–Crippen MR) is 103 cm³/mol. The highest BCUT2D eigenvalue weighted by Gasteiger charge is 2.15. The summed E-state index contributed by atoms with van der Waals surface area (Å²) in [6.07, 6.45) is 7.34. The van der Waals surface area contributed by atoms with Gasteiger partial charge in [-0.15, -0.1) is 0 Å². The highest BCUT2D eigenvalue weighted by atomic mass is 15.0. The van der Waals surface area contributed by atoms with Crippen LogP contribution < -0.4 is 10.6 Å². The van der Waals surface area contributed by atoms with Gasteiger partial charge < -0.3 is 4.57 Å². The molecule has 0 spiro atoms. The Morgan fingerprint density at radius 2 is 1.87 bits per heavy atom. The van der Waals surface area contributed by atoms with E-state index in [1.165, 1.54) is 53.1 Å². The summed E-state index contributed by atoms with van der Waals surface area (Å²) in [6, 6.07) is 10.8. The largest absolute Gasteiger partial charge is 0.340 e. The second kappa shape index (κ2) is 8.19. The van der Waals surface area contributed by atoms with Crippen LogP contribution in [0.25, 0.3) is 23.9 Å². The lowest BCUT2D eigenvalue weighted by Gasteiger charge is -2.19. The minimum absolute atomic E-state index is 0.731. The molecule has 1 aromatic heterocycles. The molecule has 23 heavy (non-hydrogen) atoms. The first-order valence-electron chi connectivity index (χ1n) is 9.03. The summed E-state index contributed by atoms with van der Waals surface area (Å²) in [4.78, 5) is 0. The third kappa shape index (κ3) is 3.77. The third-order valence-corrected chi connectivity index (χ3v) is 4.99. The first-order valence-corrected chi connectivity index (χ1v) is 9.03. The Balaban J connectivity index is 2.52. The maximum Gasteiger partial charge on any atom is 0.0520 e. The highest BCUT2D eigenvalue weighted by Crippen LogP contribution is 2.23. The molecule has 0 amide bonds. The second-order valence-electron chi connectivity index (χ2n) is 6.52. The quantitative estimate of drug-likeness (QED) is 0.686.